The summed E-state index contributed by atoms with van der Waals surface area (Å²) >= 11 is 0. The lowest BCUT2D eigenvalue weighted by Gasteiger charge is -2.03. The summed E-state index contributed by atoms with van der Waals surface area (Å²) in [4.78, 5) is 15.6. The molecule has 0 aliphatic rings. The van der Waals surface area contributed by atoms with Crippen LogP contribution in [-0.4, -0.2) is 27.3 Å². The van der Waals surface area contributed by atoms with Gasteiger partial charge in [0.25, 0.3) is 0 Å². The topological polar surface area (TPSA) is 83.0 Å². The van der Waals surface area contributed by atoms with E-state index in [9.17, 15) is 4.79 Å². The van der Waals surface area contributed by atoms with Gasteiger partial charge in [-0.25, -0.2) is 14.5 Å². The molecule has 0 radical (unpaired) electrons. The number of nitrogens with two attached hydrogens (primary N) is 1. The van der Waals surface area contributed by atoms with Crippen molar-refractivity contribution in [1.82, 2.24) is 14.8 Å². The number of nitrogens with zero attached hydrogens (tertiary/aromatic N) is 3. The van der Waals surface area contributed by atoms with Crippen LogP contribution in [0.2, 0.25) is 0 Å². The number of esters is 1. The summed E-state index contributed by atoms with van der Waals surface area (Å²) in [7, 11) is 0. The summed E-state index contributed by atoms with van der Waals surface area (Å²) in [6.45, 7) is 3.98. The first kappa shape index (κ1) is 12.1. The maximum atomic E-state index is 11.5. The monoisotopic (exact) mass is 246 g/mol. The molecule has 2 aromatic rings. The molecule has 0 atom stereocenters. The molecule has 0 saturated carbocycles. The van der Waals surface area contributed by atoms with E-state index in [4.69, 9.17) is 10.5 Å². The van der Waals surface area contributed by atoms with E-state index in [1.165, 1.54) is 10.9 Å². The molecule has 0 aliphatic heterocycles. The van der Waals surface area contributed by atoms with Gasteiger partial charge in [-0.1, -0.05) is 0 Å². The molecule has 6 nitrogen and oxygen atoms in total. The summed E-state index contributed by atoms with van der Waals surface area (Å²) in [5, 5.41) is 4.07. The average Bonchev–Trinajstić information content (AvgIpc) is 2.82. The Balaban J connectivity index is 2.29. The van der Waals surface area contributed by atoms with Crippen molar-refractivity contribution in [3.05, 3.63) is 35.8 Å². The predicted molar refractivity (Wildman–Crippen MR) is 66.5 cm³/mol. The molecule has 2 heterocycles. The van der Waals surface area contributed by atoms with Crippen molar-refractivity contribution < 1.29 is 9.53 Å². The third kappa shape index (κ3) is 2.32. The molecule has 0 bridgehead atoms. The van der Waals surface area contributed by atoms with Crippen LogP contribution in [0.4, 0.5) is 5.69 Å². The first-order chi connectivity index (χ1) is 8.61. The van der Waals surface area contributed by atoms with E-state index in [0.717, 1.165) is 5.56 Å². The number of hydrogen-bond acceptors (Lipinski definition) is 5. The van der Waals surface area contributed by atoms with Crippen LogP contribution in [0.25, 0.3) is 5.82 Å². The third-order valence-corrected chi connectivity index (χ3v) is 2.47. The minimum absolute atomic E-state index is 0.337. The van der Waals surface area contributed by atoms with Crippen LogP contribution in [0.1, 0.15) is 22.8 Å². The predicted octanol–water partition coefficient (Wildman–Crippen LogP) is 1.33. The van der Waals surface area contributed by atoms with Gasteiger partial charge in [0.1, 0.15) is 0 Å². The molecule has 2 rings (SSSR count). The van der Waals surface area contributed by atoms with Crippen LogP contribution in [-0.2, 0) is 4.74 Å². The van der Waals surface area contributed by atoms with Gasteiger partial charge < -0.3 is 10.5 Å². The first-order valence-electron chi connectivity index (χ1n) is 5.56. The highest BCUT2D eigenvalue weighted by Crippen LogP contribution is 2.13. The number of rotatable bonds is 3. The number of carbonyl (C=O) groups excluding carboxylic acids is 1. The lowest BCUT2D eigenvalue weighted by molar-refractivity contribution is 0.0526. The highest BCUT2D eigenvalue weighted by Gasteiger charge is 2.10. The smallest absolute Gasteiger partial charge is 0.341 e. The molecule has 18 heavy (non-hydrogen) atoms. The average molecular weight is 246 g/mol. The summed E-state index contributed by atoms with van der Waals surface area (Å²) in [6, 6.07) is 1.80. The van der Waals surface area contributed by atoms with E-state index >= 15 is 0 Å². The van der Waals surface area contributed by atoms with E-state index in [1.807, 2.05) is 6.92 Å². The van der Waals surface area contributed by atoms with E-state index in [0.29, 0.717) is 23.7 Å². The fourth-order valence-corrected chi connectivity index (χ4v) is 1.44. The summed E-state index contributed by atoms with van der Waals surface area (Å²) in [6.07, 6.45) is 4.59. The van der Waals surface area contributed by atoms with Crippen LogP contribution in [0.3, 0.4) is 0 Å². The van der Waals surface area contributed by atoms with Crippen molar-refractivity contribution >= 4 is 11.7 Å². The Kier molecular flexibility index (Phi) is 3.27. The number of hydrogen-bond donors (Lipinski definition) is 1. The second-order valence-corrected chi connectivity index (χ2v) is 3.79. The standard InChI is InChI=1S/C12H14N4O2/c1-3-18-12(17)9-5-15-16(7-9)11-4-8(2)10(13)6-14-11/h4-7H,3,13H2,1-2H3. The Morgan fingerprint density at radius 2 is 2.28 bits per heavy atom. The molecule has 0 spiro atoms. The molecule has 0 aromatic carbocycles. The molecule has 0 aliphatic carbocycles. The molecule has 0 saturated heterocycles. The third-order valence-electron chi connectivity index (χ3n) is 2.47. The largest absolute Gasteiger partial charge is 0.462 e. The number of ether oxygens (including phenoxy) is 1. The fourth-order valence-electron chi connectivity index (χ4n) is 1.44. The van der Waals surface area contributed by atoms with Crippen LogP contribution in [0, 0.1) is 6.92 Å². The Hall–Kier alpha value is -2.37. The SMILES string of the molecule is CCOC(=O)c1cnn(-c2cc(C)c(N)cn2)c1. The summed E-state index contributed by atoms with van der Waals surface area (Å²) in [5.74, 6) is 0.216. The molecule has 0 fully saturated rings. The zero-order valence-corrected chi connectivity index (χ0v) is 10.3. The number of anilines is 1. The summed E-state index contributed by atoms with van der Waals surface area (Å²) < 4.78 is 6.40. The van der Waals surface area contributed by atoms with Crippen molar-refractivity contribution in [2.24, 2.45) is 0 Å². The number of nitrogen functional groups attached to an aromatic ring is 1. The molecule has 2 aromatic heterocycles. The van der Waals surface area contributed by atoms with Crippen molar-refractivity contribution in [1.29, 1.82) is 0 Å². The van der Waals surface area contributed by atoms with Gasteiger partial charge in [0, 0.05) is 6.20 Å². The Morgan fingerprint density at radius 1 is 1.50 bits per heavy atom. The molecular weight excluding hydrogens is 232 g/mol. The van der Waals surface area contributed by atoms with Gasteiger partial charge in [0.05, 0.1) is 30.3 Å². The van der Waals surface area contributed by atoms with Crippen LogP contribution < -0.4 is 5.73 Å². The van der Waals surface area contributed by atoms with Gasteiger partial charge in [0.2, 0.25) is 0 Å². The van der Waals surface area contributed by atoms with Crippen molar-refractivity contribution in [3.8, 4) is 5.82 Å². The molecule has 94 valence electrons. The maximum absolute atomic E-state index is 11.5. The highest BCUT2D eigenvalue weighted by molar-refractivity contribution is 5.88. The lowest BCUT2D eigenvalue weighted by atomic mass is 10.2. The molecular formula is C12H14N4O2. The van der Waals surface area contributed by atoms with Gasteiger partial charge in [-0.2, -0.15) is 5.10 Å². The number of carbonyl (C=O) groups is 1. The molecule has 0 amide bonds. The number of aromatic nitrogens is 3. The van der Waals surface area contributed by atoms with Crippen LogP contribution >= 0.6 is 0 Å². The normalized spacial score (nSPS) is 10.3. The van der Waals surface area contributed by atoms with Gasteiger partial charge >= 0.3 is 5.97 Å². The van der Waals surface area contributed by atoms with Gasteiger partial charge in [-0.05, 0) is 25.5 Å². The van der Waals surface area contributed by atoms with E-state index in [-0.39, 0.29) is 0 Å². The van der Waals surface area contributed by atoms with E-state index < -0.39 is 5.97 Å². The minimum Gasteiger partial charge on any atom is -0.462 e. The zero-order valence-electron chi connectivity index (χ0n) is 10.3. The maximum Gasteiger partial charge on any atom is 0.341 e. The van der Waals surface area contributed by atoms with Crippen molar-refractivity contribution in [3.63, 3.8) is 0 Å². The Labute approximate surface area is 104 Å². The summed E-state index contributed by atoms with van der Waals surface area (Å²) in [5.41, 5.74) is 7.62. The van der Waals surface area contributed by atoms with Crippen LogP contribution in [0.15, 0.2) is 24.7 Å². The fraction of sp³-hybridized carbons (Fsp3) is 0.250. The number of pyridine rings is 1. The Morgan fingerprint density at radius 3 is 2.94 bits per heavy atom. The number of aryl methyl sites for hydroxylation is 1. The molecule has 6 heteroatoms. The second kappa shape index (κ2) is 4.87. The Bertz CT molecular complexity index is 577. The van der Waals surface area contributed by atoms with Gasteiger partial charge in [-0.3, -0.25) is 0 Å². The molecule has 2 N–H and O–H groups in total. The lowest BCUT2D eigenvalue weighted by Crippen LogP contribution is -2.04. The van der Waals surface area contributed by atoms with Gasteiger partial charge in [-0.15, -0.1) is 0 Å². The van der Waals surface area contributed by atoms with Crippen LogP contribution in [0.5, 0.6) is 0 Å². The second-order valence-electron chi connectivity index (χ2n) is 3.79. The zero-order chi connectivity index (χ0) is 13.1. The minimum atomic E-state index is -0.393. The van der Waals surface area contributed by atoms with E-state index in [1.54, 1.807) is 25.4 Å². The van der Waals surface area contributed by atoms with Crippen molar-refractivity contribution in [2.45, 2.75) is 13.8 Å². The first-order valence-corrected chi connectivity index (χ1v) is 5.56. The van der Waals surface area contributed by atoms with Crippen molar-refractivity contribution in [2.75, 3.05) is 12.3 Å². The highest BCUT2D eigenvalue weighted by atomic mass is 16.5. The quantitative estimate of drug-likeness (QED) is 0.826. The van der Waals surface area contributed by atoms with Gasteiger partial charge in [0.15, 0.2) is 5.82 Å². The van der Waals surface area contributed by atoms with E-state index in [2.05, 4.69) is 10.1 Å². The molecule has 0 unspecified atom stereocenters.